The monoisotopic (exact) mass is 453 g/mol. The van der Waals surface area contributed by atoms with Gasteiger partial charge in [0.2, 0.25) is 0 Å². The molecule has 34 heavy (non-hydrogen) atoms. The maximum absolute atomic E-state index is 13.3. The molecule has 0 N–H and O–H groups in total. The van der Waals surface area contributed by atoms with Crippen LogP contribution in [-0.2, 0) is 16.1 Å². The Balaban J connectivity index is 1.97. The van der Waals surface area contributed by atoms with E-state index < -0.39 is 5.91 Å². The number of amides is 1. The summed E-state index contributed by atoms with van der Waals surface area (Å²) in [6.07, 6.45) is 5.24. The Morgan fingerprint density at radius 2 is 2.00 bits per heavy atom. The summed E-state index contributed by atoms with van der Waals surface area (Å²) in [6.45, 7) is 2.69. The standard InChI is InChI=1S/C26H23N5O3/c1-18-8-6-13-31-23(18)29-25-21(26(31)33)16-20(17-27)24(30(25)14-7-15-34-2)28-22(32)12-11-19-9-4-3-5-10-19/h3-6,8-13,16H,7,14-15H2,1-2H3/b12-11+,28-24?. The number of ether oxygens (including phenoxy) is 1. The molecular formula is C26H23N5O3. The fourth-order valence-electron chi connectivity index (χ4n) is 3.74. The zero-order valence-corrected chi connectivity index (χ0v) is 18.9. The highest BCUT2D eigenvalue weighted by molar-refractivity contribution is 5.92. The maximum atomic E-state index is 13.3. The van der Waals surface area contributed by atoms with Gasteiger partial charge in [-0.05, 0) is 42.7 Å². The second-order valence-corrected chi connectivity index (χ2v) is 7.72. The van der Waals surface area contributed by atoms with Crippen molar-refractivity contribution in [3.63, 3.8) is 0 Å². The number of methoxy groups -OCH3 is 1. The molecule has 3 aromatic heterocycles. The number of carbonyl (C=O) groups is 1. The molecule has 0 atom stereocenters. The molecule has 0 fully saturated rings. The first-order valence-electron chi connectivity index (χ1n) is 10.8. The molecule has 1 amide bonds. The average Bonchev–Trinajstić information content (AvgIpc) is 2.85. The lowest BCUT2D eigenvalue weighted by atomic mass is 10.2. The molecule has 0 bridgehead atoms. The number of hydrogen-bond donors (Lipinski definition) is 0. The largest absolute Gasteiger partial charge is 0.385 e. The third-order valence-electron chi connectivity index (χ3n) is 5.39. The van der Waals surface area contributed by atoms with E-state index in [4.69, 9.17) is 9.72 Å². The summed E-state index contributed by atoms with van der Waals surface area (Å²) < 4.78 is 8.30. The van der Waals surface area contributed by atoms with Crippen molar-refractivity contribution >= 4 is 28.7 Å². The van der Waals surface area contributed by atoms with Gasteiger partial charge in [0.15, 0.2) is 5.49 Å². The van der Waals surface area contributed by atoms with Gasteiger partial charge in [-0.2, -0.15) is 10.3 Å². The molecule has 170 valence electrons. The quantitative estimate of drug-likeness (QED) is 0.254. The number of pyridine rings is 2. The van der Waals surface area contributed by atoms with Gasteiger partial charge in [0, 0.05) is 32.5 Å². The Morgan fingerprint density at radius 1 is 1.21 bits per heavy atom. The molecule has 4 rings (SSSR count). The molecule has 1 aromatic carbocycles. The second kappa shape index (κ2) is 10.1. The zero-order valence-electron chi connectivity index (χ0n) is 18.9. The second-order valence-electron chi connectivity index (χ2n) is 7.72. The molecule has 3 heterocycles. The Labute approximate surface area is 195 Å². The van der Waals surface area contributed by atoms with Gasteiger partial charge in [-0.3, -0.25) is 14.0 Å². The van der Waals surface area contributed by atoms with Crippen LogP contribution in [0.1, 0.15) is 23.1 Å². The van der Waals surface area contributed by atoms with Gasteiger partial charge in [-0.1, -0.05) is 36.4 Å². The molecule has 0 saturated heterocycles. The van der Waals surface area contributed by atoms with E-state index in [0.717, 1.165) is 11.1 Å². The summed E-state index contributed by atoms with van der Waals surface area (Å²) in [5.41, 5.74) is 2.56. The predicted molar refractivity (Wildman–Crippen MR) is 129 cm³/mol. The molecule has 0 saturated carbocycles. The van der Waals surface area contributed by atoms with E-state index in [9.17, 15) is 14.9 Å². The predicted octanol–water partition coefficient (Wildman–Crippen LogP) is 3.01. The highest BCUT2D eigenvalue weighted by Crippen LogP contribution is 2.13. The highest BCUT2D eigenvalue weighted by Gasteiger charge is 2.15. The average molecular weight is 454 g/mol. The number of aryl methyl sites for hydroxylation is 2. The fourth-order valence-corrected chi connectivity index (χ4v) is 3.74. The van der Waals surface area contributed by atoms with Crippen molar-refractivity contribution < 1.29 is 9.53 Å². The summed E-state index contributed by atoms with van der Waals surface area (Å²) >= 11 is 0. The van der Waals surface area contributed by atoms with Gasteiger partial charge >= 0.3 is 0 Å². The number of benzene rings is 1. The first kappa shape index (κ1) is 22.8. The van der Waals surface area contributed by atoms with Crippen LogP contribution in [0.5, 0.6) is 0 Å². The van der Waals surface area contributed by atoms with Crippen molar-refractivity contribution in [3.05, 3.63) is 93.3 Å². The van der Waals surface area contributed by atoms with E-state index in [1.165, 1.54) is 16.5 Å². The van der Waals surface area contributed by atoms with Gasteiger partial charge in [0.1, 0.15) is 17.4 Å². The first-order chi connectivity index (χ1) is 16.5. The van der Waals surface area contributed by atoms with Crippen LogP contribution in [0.3, 0.4) is 0 Å². The summed E-state index contributed by atoms with van der Waals surface area (Å²) in [7, 11) is 1.60. The Kier molecular flexibility index (Phi) is 6.76. The van der Waals surface area contributed by atoms with E-state index in [0.29, 0.717) is 30.9 Å². The summed E-state index contributed by atoms with van der Waals surface area (Å²) in [4.78, 5) is 34.9. The zero-order chi connectivity index (χ0) is 24.1. The van der Waals surface area contributed by atoms with E-state index in [1.54, 1.807) is 30.0 Å². The third kappa shape index (κ3) is 4.56. The third-order valence-corrected chi connectivity index (χ3v) is 5.39. The lowest BCUT2D eigenvalue weighted by Gasteiger charge is -2.14. The van der Waals surface area contributed by atoms with Gasteiger partial charge < -0.3 is 9.30 Å². The van der Waals surface area contributed by atoms with Crippen LogP contribution in [0.2, 0.25) is 0 Å². The van der Waals surface area contributed by atoms with Crippen LogP contribution in [-0.4, -0.2) is 33.6 Å². The lowest BCUT2D eigenvalue weighted by Crippen LogP contribution is -2.30. The minimum absolute atomic E-state index is 0.123. The molecule has 0 aliphatic heterocycles. The number of rotatable bonds is 6. The molecule has 8 nitrogen and oxygen atoms in total. The Morgan fingerprint density at radius 3 is 2.74 bits per heavy atom. The lowest BCUT2D eigenvalue weighted by molar-refractivity contribution is -0.113. The van der Waals surface area contributed by atoms with Crippen molar-refractivity contribution in [2.45, 2.75) is 19.9 Å². The summed E-state index contributed by atoms with van der Waals surface area (Å²) in [5.74, 6) is -0.520. The van der Waals surface area contributed by atoms with Gasteiger partial charge in [-0.25, -0.2) is 4.98 Å². The van der Waals surface area contributed by atoms with Crippen molar-refractivity contribution in [1.82, 2.24) is 14.0 Å². The maximum Gasteiger partial charge on any atom is 0.271 e. The van der Waals surface area contributed by atoms with E-state index >= 15 is 0 Å². The minimum atomic E-state index is -0.520. The number of fused-ring (bicyclic) bond motifs is 2. The van der Waals surface area contributed by atoms with Crippen molar-refractivity contribution in [1.29, 1.82) is 5.26 Å². The van der Waals surface area contributed by atoms with Gasteiger partial charge in [0.25, 0.3) is 11.5 Å². The van der Waals surface area contributed by atoms with Crippen LogP contribution in [0, 0.1) is 18.3 Å². The normalized spacial score (nSPS) is 12.0. The number of hydrogen-bond acceptors (Lipinski definition) is 5. The number of aromatic nitrogens is 3. The Bertz CT molecular complexity index is 1570. The van der Waals surface area contributed by atoms with Crippen molar-refractivity contribution in [3.8, 4) is 6.07 Å². The molecule has 0 aliphatic carbocycles. The van der Waals surface area contributed by atoms with E-state index in [-0.39, 0.29) is 22.0 Å². The molecular weight excluding hydrogens is 430 g/mol. The van der Waals surface area contributed by atoms with Crippen LogP contribution in [0.25, 0.3) is 22.8 Å². The van der Waals surface area contributed by atoms with Gasteiger partial charge in [-0.15, -0.1) is 0 Å². The molecule has 0 spiro atoms. The SMILES string of the molecule is COCCCn1c(=NC(=O)/C=C/c2ccccc2)c(C#N)cc2c(=O)n3cccc(C)c3nc21. The first-order valence-corrected chi connectivity index (χ1v) is 10.8. The molecule has 0 unspecified atom stereocenters. The summed E-state index contributed by atoms with van der Waals surface area (Å²) in [6, 6.07) is 16.6. The molecule has 0 radical (unpaired) electrons. The van der Waals surface area contributed by atoms with Crippen molar-refractivity contribution in [2.24, 2.45) is 4.99 Å². The molecule has 4 aromatic rings. The van der Waals surface area contributed by atoms with Crippen LogP contribution < -0.4 is 11.0 Å². The van der Waals surface area contributed by atoms with Crippen molar-refractivity contribution in [2.75, 3.05) is 13.7 Å². The Hall–Kier alpha value is -4.35. The molecule has 0 aliphatic rings. The van der Waals surface area contributed by atoms with E-state index in [2.05, 4.69) is 11.1 Å². The van der Waals surface area contributed by atoms with Gasteiger partial charge in [0.05, 0.1) is 10.9 Å². The molecule has 8 heteroatoms. The highest BCUT2D eigenvalue weighted by atomic mass is 16.5. The smallest absolute Gasteiger partial charge is 0.271 e. The van der Waals surface area contributed by atoms with Crippen LogP contribution >= 0.6 is 0 Å². The number of nitriles is 1. The fraction of sp³-hybridized carbons (Fsp3) is 0.192. The number of nitrogens with zero attached hydrogens (tertiary/aromatic N) is 5. The topological polar surface area (TPSA) is 102 Å². The van der Waals surface area contributed by atoms with Crippen LogP contribution in [0.15, 0.2) is 70.6 Å². The summed E-state index contributed by atoms with van der Waals surface area (Å²) in [5, 5.41) is 10.1. The minimum Gasteiger partial charge on any atom is -0.385 e. The van der Waals surface area contributed by atoms with E-state index in [1.807, 2.05) is 43.3 Å². The number of carbonyl (C=O) groups excluding carboxylic acids is 1. The van der Waals surface area contributed by atoms with Crippen LogP contribution in [0.4, 0.5) is 0 Å².